The highest BCUT2D eigenvalue weighted by Gasteiger charge is 2.23. The molecule has 1 atom stereocenters. The standard InChI is InChI=1S/C17H15ClF2N2O2/c1-21-17(24)16(11-4-7-13(19)14(20)9-11)22-15(23)8-10-2-5-12(18)6-3-10/h2-7,9,16H,8H2,1H3,(H,21,24)(H,22,23). The molecule has 7 heteroatoms. The lowest BCUT2D eigenvalue weighted by molar-refractivity contribution is -0.128. The lowest BCUT2D eigenvalue weighted by Crippen LogP contribution is -2.39. The van der Waals surface area contributed by atoms with Crippen LogP contribution in [0.2, 0.25) is 5.02 Å². The molecule has 0 heterocycles. The van der Waals surface area contributed by atoms with Gasteiger partial charge in [-0.2, -0.15) is 0 Å². The molecule has 0 aromatic heterocycles. The SMILES string of the molecule is CNC(=O)C(NC(=O)Cc1ccc(Cl)cc1)c1ccc(F)c(F)c1. The van der Waals surface area contributed by atoms with E-state index in [0.717, 1.165) is 12.1 Å². The summed E-state index contributed by atoms with van der Waals surface area (Å²) in [5, 5.41) is 5.45. The summed E-state index contributed by atoms with van der Waals surface area (Å²) in [5.41, 5.74) is 0.857. The Kier molecular flexibility index (Phi) is 5.87. The van der Waals surface area contributed by atoms with Gasteiger partial charge in [-0.15, -0.1) is 0 Å². The molecule has 0 radical (unpaired) electrons. The molecule has 0 aliphatic heterocycles. The van der Waals surface area contributed by atoms with Crippen LogP contribution in [0.15, 0.2) is 42.5 Å². The van der Waals surface area contributed by atoms with Crippen molar-refractivity contribution in [2.45, 2.75) is 12.5 Å². The Hall–Kier alpha value is -2.47. The predicted molar refractivity (Wildman–Crippen MR) is 86.5 cm³/mol. The van der Waals surface area contributed by atoms with E-state index in [4.69, 9.17) is 11.6 Å². The average Bonchev–Trinajstić information content (AvgIpc) is 2.56. The maximum absolute atomic E-state index is 13.4. The maximum atomic E-state index is 13.4. The van der Waals surface area contributed by atoms with Crippen LogP contribution in [-0.4, -0.2) is 18.9 Å². The molecule has 126 valence electrons. The molecule has 0 bridgehead atoms. The minimum Gasteiger partial charge on any atom is -0.357 e. The second-order valence-electron chi connectivity index (χ2n) is 5.09. The Morgan fingerprint density at radius 3 is 2.33 bits per heavy atom. The van der Waals surface area contributed by atoms with E-state index in [-0.39, 0.29) is 12.0 Å². The van der Waals surface area contributed by atoms with Crippen LogP contribution in [0.4, 0.5) is 8.78 Å². The van der Waals surface area contributed by atoms with Gasteiger partial charge in [0.2, 0.25) is 11.8 Å². The van der Waals surface area contributed by atoms with Gasteiger partial charge in [0.25, 0.3) is 0 Å². The molecule has 0 saturated heterocycles. The number of carbonyl (C=O) groups is 2. The topological polar surface area (TPSA) is 58.2 Å². The van der Waals surface area contributed by atoms with Crippen LogP contribution >= 0.6 is 11.6 Å². The third-order valence-electron chi connectivity index (χ3n) is 3.37. The van der Waals surface area contributed by atoms with E-state index in [0.29, 0.717) is 10.6 Å². The number of amides is 2. The molecule has 2 aromatic rings. The van der Waals surface area contributed by atoms with Crippen molar-refractivity contribution in [2.75, 3.05) is 7.05 Å². The monoisotopic (exact) mass is 352 g/mol. The van der Waals surface area contributed by atoms with E-state index in [1.54, 1.807) is 24.3 Å². The van der Waals surface area contributed by atoms with Gasteiger partial charge in [0.05, 0.1) is 6.42 Å². The summed E-state index contributed by atoms with van der Waals surface area (Å²) in [4.78, 5) is 24.1. The normalized spacial score (nSPS) is 11.7. The van der Waals surface area contributed by atoms with Crippen molar-refractivity contribution in [1.82, 2.24) is 10.6 Å². The minimum atomic E-state index is -1.12. The Bertz CT molecular complexity index is 751. The molecule has 0 spiro atoms. The summed E-state index contributed by atoms with van der Waals surface area (Å²) in [6.45, 7) is 0. The Morgan fingerprint density at radius 1 is 1.08 bits per heavy atom. The Labute approximate surface area is 142 Å². The van der Waals surface area contributed by atoms with Crippen LogP contribution in [0.3, 0.4) is 0 Å². The fourth-order valence-electron chi connectivity index (χ4n) is 2.14. The van der Waals surface area contributed by atoms with Gasteiger partial charge in [-0.05, 0) is 35.4 Å². The number of hydrogen-bond acceptors (Lipinski definition) is 2. The molecule has 2 N–H and O–H groups in total. The molecule has 24 heavy (non-hydrogen) atoms. The van der Waals surface area contributed by atoms with E-state index >= 15 is 0 Å². The van der Waals surface area contributed by atoms with Crippen LogP contribution < -0.4 is 10.6 Å². The van der Waals surface area contributed by atoms with Crippen molar-refractivity contribution in [3.05, 3.63) is 70.2 Å². The zero-order valence-electron chi connectivity index (χ0n) is 12.8. The molecule has 4 nitrogen and oxygen atoms in total. The highest BCUT2D eigenvalue weighted by molar-refractivity contribution is 6.30. The van der Waals surface area contributed by atoms with E-state index in [2.05, 4.69) is 10.6 Å². The largest absolute Gasteiger partial charge is 0.357 e. The van der Waals surface area contributed by atoms with Crippen LogP contribution in [0.5, 0.6) is 0 Å². The first kappa shape index (κ1) is 17.9. The number of halogens is 3. The summed E-state index contributed by atoms with van der Waals surface area (Å²) in [7, 11) is 1.39. The molecule has 2 aromatic carbocycles. The number of rotatable bonds is 5. The van der Waals surface area contributed by atoms with E-state index in [1.807, 2.05) is 0 Å². The van der Waals surface area contributed by atoms with Crippen LogP contribution in [0.1, 0.15) is 17.2 Å². The van der Waals surface area contributed by atoms with Crippen molar-refractivity contribution in [2.24, 2.45) is 0 Å². The first-order chi connectivity index (χ1) is 11.4. The van der Waals surface area contributed by atoms with Crippen molar-refractivity contribution in [1.29, 1.82) is 0 Å². The van der Waals surface area contributed by atoms with Gasteiger partial charge >= 0.3 is 0 Å². The molecule has 1 unspecified atom stereocenters. The van der Waals surface area contributed by atoms with Gasteiger partial charge < -0.3 is 10.6 Å². The zero-order chi connectivity index (χ0) is 17.7. The minimum absolute atomic E-state index is 0.0222. The fraction of sp³-hybridized carbons (Fsp3) is 0.176. The highest BCUT2D eigenvalue weighted by atomic mass is 35.5. The number of nitrogens with one attached hydrogen (secondary N) is 2. The first-order valence-electron chi connectivity index (χ1n) is 7.11. The second kappa shape index (κ2) is 7.88. The van der Waals surface area contributed by atoms with Gasteiger partial charge in [-0.1, -0.05) is 29.8 Å². The summed E-state index contributed by atoms with van der Waals surface area (Å²) in [5.74, 6) is -3.09. The smallest absolute Gasteiger partial charge is 0.246 e. The number of benzene rings is 2. The lowest BCUT2D eigenvalue weighted by Gasteiger charge is -2.18. The highest BCUT2D eigenvalue weighted by Crippen LogP contribution is 2.17. The quantitative estimate of drug-likeness (QED) is 0.869. The molecule has 0 aliphatic rings. The van der Waals surface area contributed by atoms with E-state index in [1.165, 1.54) is 13.1 Å². The first-order valence-corrected chi connectivity index (χ1v) is 7.49. The Balaban J connectivity index is 2.16. The second-order valence-corrected chi connectivity index (χ2v) is 5.53. The third-order valence-corrected chi connectivity index (χ3v) is 3.62. The number of likely N-dealkylation sites (N-methyl/N-ethyl adjacent to an activating group) is 1. The number of carbonyl (C=O) groups excluding carboxylic acids is 2. The van der Waals surface area contributed by atoms with Crippen molar-refractivity contribution >= 4 is 23.4 Å². The van der Waals surface area contributed by atoms with Crippen molar-refractivity contribution < 1.29 is 18.4 Å². The van der Waals surface area contributed by atoms with Gasteiger partial charge in [-0.3, -0.25) is 9.59 Å². The van der Waals surface area contributed by atoms with Gasteiger partial charge in [-0.25, -0.2) is 8.78 Å². The Morgan fingerprint density at radius 2 is 1.75 bits per heavy atom. The molecule has 2 rings (SSSR count). The number of hydrogen-bond donors (Lipinski definition) is 2. The molecule has 0 fully saturated rings. The molecule has 2 amide bonds. The van der Waals surface area contributed by atoms with Crippen LogP contribution in [-0.2, 0) is 16.0 Å². The fourth-order valence-corrected chi connectivity index (χ4v) is 2.26. The van der Waals surface area contributed by atoms with Crippen molar-refractivity contribution in [3.8, 4) is 0 Å². The predicted octanol–water partition coefficient (Wildman–Crippen LogP) is 2.76. The average molecular weight is 353 g/mol. The van der Waals surface area contributed by atoms with Gasteiger partial charge in [0, 0.05) is 12.1 Å². The summed E-state index contributed by atoms with van der Waals surface area (Å²) in [6.07, 6.45) is 0.0222. The van der Waals surface area contributed by atoms with Gasteiger partial charge in [0.1, 0.15) is 6.04 Å². The summed E-state index contributed by atoms with van der Waals surface area (Å²) >= 11 is 5.78. The lowest BCUT2D eigenvalue weighted by atomic mass is 10.0. The zero-order valence-corrected chi connectivity index (χ0v) is 13.5. The third kappa shape index (κ3) is 4.52. The molecular formula is C17H15ClF2N2O2. The van der Waals surface area contributed by atoms with Crippen LogP contribution in [0, 0.1) is 11.6 Å². The van der Waals surface area contributed by atoms with E-state index < -0.39 is 29.5 Å². The van der Waals surface area contributed by atoms with Gasteiger partial charge in [0.15, 0.2) is 11.6 Å². The summed E-state index contributed by atoms with van der Waals surface area (Å²) in [6, 6.07) is 8.60. The van der Waals surface area contributed by atoms with E-state index in [9.17, 15) is 18.4 Å². The van der Waals surface area contributed by atoms with Crippen LogP contribution in [0.25, 0.3) is 0 Å². The molecule has 0 saturated carbocycles. The van der Waals surface area contributed by atoms with Crippen molar-refractivity contribution in [3.63, 3.8) is 0 Å². The molecular weight excluding hydrogens is 338 g/mol. The maximum Gasteiger partial charge on any atom is 0.246 e. The summed E-state index contributed by atoms with van der Waals surface area (Å²) < 4.78 is 26.5. The molecule has 0 aliphatic carbocycles.